The number of aromatic nitrogens is 1. The Balaban J connectivity index is 1.73. The molecule has 4 rings (SSSR count). The van der Waals surface area contributed by atoms with Gasteiger partial charge in [0.15, 0.2) is 5.54 Å². The summed E-state index contributed by atoms with van der Waals surface area (Å²) in [5.74, 6) is -4.66. The summed E-state index contributed by atoms with van der Waals surface area (Å²) >= 11 is 5.78. The van der Waals surface area contributed by atoms with Crippen LogP contribution in [0.25, 0.3) is 0 Å². The third-order valence-corrected chi connectivity index (χ3v) is 6.75. The number of aliphatic imine (C=N–C) groups is 1. The van der Waals surface area contributed by atoms with E-state index in [0.717, 1.165) is 6.07 Å². The van der Waals surface area contributed by atoms with Gasteiger partial charge in [-0.15, -0.1) is 0 Å². The molecule has 1 saturated carbocycles. The quantitative estimate of drug-likeness (QED) is 0.666. The lowest BCUT2D eigenvalue weighted by molar-refractivity contribution is -0.205. The van der Waals surface area contributed by atoms with Crippen LogP contribution < -0.4 is 11.1 Å². The van der Waals surface area contributed by atoms with Crippen LogP contribution in [0.2, 0.25) is 5.02 Å². The SMILES string of the molecule is CC1(c2cc(NC(=O)c3ccc(Cl)cn3)ccc2F)N=C(N)CCC2(CCC2)C1(F)F. The molecule has 0 bridgehead atoms. The lowest BCUT2D eigenvalue weighted by Crippen LogP contribution is -2.56. The fourth-order valence-corrected chi connectivity index (χ4v) is 4.64. The first-order valence-corrected chi connectivity index (χ1v) is 10.4. The second-order valence-electron chi connectivity index (χ2n) is 8.39. The minimum Gasteiger partial charge on any atom is -0.387 e. The van der Waals surface area contributed by atoms with Gasteiger partial charge in [0.05, 0.1) is 10.9 Å². The van der Waals surface area contributed by atoms with Crippen molar-refractivity contribution in [2.24, 2.45) is 16.1 Å². The molecule has 1 spiro atoms. The van der Waals surface area contributed by atoms with Crippen LogP contribution in [0.4, 0.5) is 18.9 Å². The van der Waals surface area contributed by atoms with E-state index in [-0.39, 0.29) is 35.6 Å². The molecule has 1 atom stereocenters. The maximum absolute atomic E-state index is 15.9. The van der Waals surface area contributed by atoms with Crippen molar-refractivity contribution in [2.45, 2.75) is 50.5 Å². The molecule has 9 heteroatoms. The number of pyridine rings is 1. The Labute approximate surface area is 182 Å². The van der Waals surface area contributed by atoms with Gasteiger partial charge in [0.1, 0.15) is 11.5 Å². The molecule has 1 unspecified atom stereocenters. The number of nitrogens with one attached hydrogen (secondary N) is 1. The van der Waals surface area contributed by atoms with Crippen molar-refractivity contribution in [1.82, 2.24) is 4.98 Å². The lowest BCUT2D eigenvalue weighted by atomic mass is 9.57. The zero-order valence-electron chi connectivity index (χ0n) is 16.9. The minimum atomic E-state index is -3.32. The summed E-state index contributed by atoms with van der Waals surface area (Å²) in [5.41, 5.74) is 2.40. The van der Waals surface area contributed by atoms with Crippen LogP contribution >= 0.6 is 11.6 Å². The lowest BCUT2D eigenvalue weighted by Gasteiger charge is -2.51. The molecule has 2 aliphatic rings. The molecule has 164 valence electrons. The van der Waals surface area contributed by atoms with Crippen molar-refractivity contribution < 1.29 is 18.0 Å². The number of benzene rings is 1. The molecular formula is C22H22ClF3N4O. The monoisotopic (exact) mass is 450 g/mol. The van der Waals surface area contributed by atoms with E-state index in [1.807, 2.05) is 0 Å². The van der Waals surface area contributed by atoms with E-state index in [2.05, 4.69) is 15.3 Å². The highest BCUT2D eigenvalue weighted by atomic mass is 35.5. The second kappa shape index (κ2) is 7.51. The van der Waals surface area contributed by atoms with E-state index >= 15 is 8.78 Å². The van der Waals surface area contributed by atoms with Gasteiger partial charge >= 0.3 is 0 Å². The van der Waals surface area contributed by atoms with E-state index in [1.165, 1.54) is 37.4 Å². The molecule has 1 aromatic carbocycles. The number of nitrogens with zero attached hydrogens (tertiary/aromatic N) is 2. The Hall–Kier alpha value is -2.61. The third-order valence-electron chi connectivity index (χ3n) is 6.52. The maximum atomic E-state index is 15.9. The first-order valence-electron chi connectivity index (χ1n) is 10.0. The van der Waals surface area contributed by atoms with Crippen molar-refractivity contribution in [1.29, 1.82) is 0 Å². The Morgan fingerprint density at radius 1 is 1.19 bits per heavy atom. The maximum Gasteiger partial charge on any atom is 0.282 e. The Morgan fingerprint density at radius 3 is 2.55 bits per heavy atom. The van der Waals surface area contributed by atoms with Crippen molar-refractivity contribution in [3.05, 3.63) is 58.6 Å². The number of carbonyl (C=O) groups is 1. The molecule has 1 aliphatic carbocycles. The number of hydrogen-bond donors (Lipinski definition) is 2. The Bertz CT molecular complexity index is 1050. The van der Waals surface area contributed by atoms with Crippen molar-refractivity contribution in [3.63, 3.8) is 0 Å². The fourth-order valence-electron chi connectivity index (χ4n) is 4.53. The molecule has 1 amide bonds. The summed E-state index contributed by atoms with van der Waals surface area (Å²) in [5, 5.41) is 2.93. The van der Waals surface area contributed by atoms with Gasteiger partial charge in [-0.25, -0.2) is 18.2 Å². The molecule has 2 aromatic rings. The third kappa shape index (κ3) is 3.46. The summed E-state index contributed by atoms with van der Waals surface area (Å²) < 4.78 is 46.7. The van der Waals surface area contributed by atoms with Crippen LogP contribution in [0.3, 0.4) is 0 Å². The highest BCUT2D eigenvalue weighted by molar-refractivity contribution is 6.30. The molecule has 1 fully saturated rings. The topological polar surface area (TPSA) is 80.4 Å². The molecule has 2 heterocycles. The van der Waals surface area contributed by atoms with Gasteiger partial charge in [0.2, 0.25) is 0 Å². The summed E-state index contributed by atoms with van der Waals surface area (Å²) in [6.07, 6.45) is 3.15. The molecule has 0 radical (unpaired) electrons. The van der Waals surface area contributed by atoms with E-state index < -0.39 is 28.6 Å². The number of alkyl halides is 2. The van der Waals surface area contributed by atoms with Crippen molar-refractivity contribution in [2.75, 3.05) is 5.32 Å². The first-order chi connectivity index (χ1) is 14.6. The van der Waals surface area contributed by atoms with Gasteiger partial charge < -0.3 is 11.1 Å². The van der Waals surface area contributed by atoms with E-state index in [9.17, 15) is 9.18 Å². The normalized spacial score (nSPS) is 24.1. The summed E-state index contributed by atoms with van der Waals surface area (Å²) in [7, 11) is 0. The summed E-state index contributed by atoms with van der Waals surface area (Å²) in [6, 6.07) is 6.48. The summed E-state index contributed by atoms with van der Waals surface area (Å²) in [6.45, 7) is 1.22. The van der Waals surface area contributed by atoms with Crippen LogP contribution in [-0.4, -0.2) is 22.6 Å². The van der Waals surface area contributed by atoms with Gasteiger partial charge in [0, 0.05) is 29.3 Å². The highest BCUT2D eigenvalue weighted by Crippen LogP contribution is 2.63. The van der Waals surface area contributed by atoms with Gasteiger partial charge in [-0.1, -0.05) is 18.0 Å². The molecular weight excluding hydrogens is 429 g/mol. The highest BCUT2D eigenvalue weighted by Gasteiger charge is 2.67. The average molecular weight is 451 g/mol. The largest absolute Gasteiger partial charge is 0.387 e. The number of halogens is 4. The van der Waals surface area contributed by atoms with Crippen molar-refractivity contribution >= 4 is 29.0 Å². The van der Waals surface area contributed by atoms with Crippen LogP contribution in [0.5, 0.6) is 0 Å². The smallest absolute Gasteiger partial charge is 0.282 e. The summed E-state index contributed by atoms with van der Waals surface area (Å²) in [4.78, 5) is 20.5. The number of carbonyl (C=O) groups excluding carboxylic acids is 1. The first kappa shape index (κ1) is 21.6. The van der Waals surface area contributed by atoms with Crippen LogP contribution in [0, 0.1) is 11.2 Å². The zero-order valence-corrected chi connectivity index (χ0v) is 17.6. The zero-order chi connectivity index (χ0) is 22.4. The van der Waals surface area contributed by atoms with Crippen LogP contribution in [-0.2, 0) is 5.54 Å². The van der Waals surface area contributed by atoms with Gasteiger partial charge in [-0.3, -0.25) is 9.79 Å². The van der Waals surface area contributed by atoms with Crippen molar-refractivity contribution in [3.8, 4) is 0 Å². The average Bonchev–Trinajstić information content (AvgIpc) is 2.76. The van der Waals surface area contributed by atoms with Gasteiger partial charge in [-0.05, 0) is 56.5 Å². The molecule has 31 heavy (non-hydrogen) atoms. The van der Waals surface area contributed by atoms with E-state index in [0.29, 0.717) is 24.3 Å². The number of amidine groups is 1. The predicted octanol–water partition coefficient (Wildman–Crippen LogP) is 5.30. The fraction of sp³-hybridized carbons (Fsp3) is 0.409. The van der Waals surface area contributed by atoms with Crippen LogP contribution in [0.1, 0.15) is 55.1 Å². The Morgan fingerprint density at radius 2 is 1.94 bits per heavy atom. The van der Waals surface area contributed by atoms with Crippen LogP contribution in [0.15, 0.2) is 41.5 Å². The molecule has 3 N–H and O–H groups in total. The molecule has 1 aliphatic heterocycles. The number of amides is 1. The predicted molar refractivity (Wildman–Crippen MR) is 113 cm³/mol. The Kier molecular flexibility index (Phi) is 5.24. The van der Waals surface area contributed by atoms with E-state index in [4.69, 9.17) is 17.3 Å². The van der Waals surface area contributed by atoms with Gasteiger partial charge in [0.25, 0.3) is 11.8 Å². The molecule has 1 aromatic heterocycles. The number of hydrogen-bond acceptors (Lipinski definition) is 4. The molecule has 0 saturated heterocycles. The minimum absolute atomic E-state index is 0.0742. The number of rotatable bonds is 3. The second-order valence-corrected chi connectivity index (χ2v) is 8.83. The van der Waals surface area contributed by atoms with E-state index in [1.54, 1.807) is 0 Å². The standard InChI is InChI=1S/C22H22ClF3N4O/c1-20(22(25,26)21(8-2-9-21)10-7-18(27)30-20)15-11-14(4-5-16(15)24)29-19(31)17-6-3-13(23)12-28-17/h3-6,11-12H,2,7-10H2,1H3,(H2,27,30)(H,29,31). The number of anilines is 1. The van der Waals surface area contributed by atoms with Gasteiger partial charge in [-0.2, -0.15) is 0 Å². The molecule has 5 nitrogen and oxygen atoms in total. The number of nitrogens with two attached hydrogens (primary N) is 1.